The fourth-order valence-corrected chi connectivity index (χ4v) is 2.65. The van der Waals surface area contributed by atoms with Crippen LogP contribution in [0, 0.1) is 11.3 Å². The smallest absolute Gasteiger partial charge is 0.111 e. The summed E-state index contributed by atoms with van der Waals surface area (Å²) in [7, 11) is 0. The molecule has 2 rings (SSSR count). The lowest BCUT2D eigenvalue weighted by Gasteiger charge is -2.28. The van der Waals surface area contributed by atoms with Crippen molar-refractivity contribution in [3.05, 3.63) is 29.0 Å². The van der Waals surface area contributed by atoms with Gasteiger partial charge in [0.2, 0.25) is 0 Å². The van der Waals surface area contributed by atoms with Crippen LogP contribution in [0.15, 0.2) is 18.2 Å². The molecule has 0 fully saturated rings. The van der Waals surface area contributed by atoms with Gasteiger partial charge in [0, 0.05) is 18.8 Å². The molecule has 2 nitrogen and oxygen atoms in total. The number of aryl methyl sites for hydroxylation is 1. The Morgan fingerprint density at radius 2 is 2.00 bits per heavy atom. The summed E-state index contributed by atoms with van der Waals surface area (Å²) >= 11 is 12.3. The van der Waals surface area contributed by atoms with Crippen LogP contribution >= 0.6 is 23.2 Å². The Bertz CT molecular complexity index is 596. The molecule has 0 radical (unpaired) electrons. The molecule has 0 saturated carbocycles. The molecule has 2 aromatic rings. The number of nitrogens with zero attached hydrogens (tertiary/aromatic N) is 2. The summed E-state index contributed by atoms with van der Waals surface area (Å²) < 4.78 is 2.25. The van der Waals surface area contributed by atoms with Crippen molar-refractivity contribution in [3.63, 3.8) is 0 Å². The normalized spacial score (nSPS) is 13.9. The number of benzene rings is 1. The predicted octanol–water partition coefficient (Wildman–Crippen LogP) is 5.15. The molecule has 0 N–H and O–H groups in total. The SMILES string of the molecule is CC(Cn1c(CCCl)nc2cccc(Cl)c21)C(C)(C)C. The van der Waals surface area contributed by atoms with Crippen LogP contribution in [0.2, 0.25) is 5.02 Å². The zero-order chi connectivity index (χ0) is 14.9. The Hall–Kier alpha value is -0.730. The van der Waals surface area contributed by atoms with E-state index in [4.69, 9.17) is 28.2 Å². The van der Waals surface area contributed by atoms with Gasteiger partial charge in [-0.15, -0.1) is 11.6 Å². The van der Waals surface area contributed by atoms with Crippen LogP contribution in [-0.2, 0) is 13.0 Å². The van der Waals surface area contributed by atoms with E-state index in [0.717, 1.165) is 34.8 Å². The van der Waals surface area contributed by atoms with Gasteiger partial charge in [-0.2, -0.15) is 0 Å². The van der Waals surface area contributed by atoms with Gasteiger partial charge in [0.25, 0.3) is 0 Å². The minimum Gasteiger partial charge on any atom is -0.326 e. The van der Waals surface area contributed by atoms with Crippen molar-refractivity contribution in [2.75, 3.05) is 5.88 Å². The Morgan fingerprint density at radius 1 is 1.30 bits per heavy atom. The summed E-state index contributed by atoms with van der Waals surface area (Å²) in [6.45, 7) is 9.97. The first-order valence-electron chi connectivity index (χ1n) is 7.04. The number of aromatic nitrogens is 2. The number of rotatable bonds is 4. The van der Waals surface area contributed by atoms with Crippen LogP contribution in [0.4, 0.5) is 0 Å². The Kier molecular flexibility index (Phi) is 4.66. The molecule has 1 atom stereocenters. The van der Waals surface area contributed by atoms with Crippen molar-refractivity contribution in [1.82, 2.24) is 9.55 Å². The summed E-state index contributed by atoms with van der Waals surface area (Å²) in [5, 5.41) is 0.761. The van der Waals surface area contributed by atoms with Crippen molar-refractivity contribution in [2.24, 2.45) is 11.3 Å². The highest BCUT2D eigenvalue weighted by molar-refractivity contribution is 6.35. The molecule has 4 heteroatoms. The fourth-order valence-electron chi connectivity index (χ4n) is 2.21. The molecule has 0 spiro atoms. The second-order valence-corrected chi connectivity index (χ2v) is 7.24. The molecule has 0 saturated heterocycles. The molecule has 0 amide bonds. The fraction of sp³-hybridized carbons (Fsp3) is 0.562. The molecule has 20 heavy (non-hydrogen) atoms. The zero-order valence-corrected chi connectivity index (χ0v) is 14.1. The van der Waals surface area contributed by atoms with Crippen LogP contribution < -0.4 is 0 Å². The molecular weight excluding hydrogens is 291 g/mol. The molecule has 0 aliphatic rings. The minimum absolute atomic E-state index is 0.246. The average Bonchev–Trinajstić information content (AvgIpc) is 2.68. The molecule has 0 aliphatic carbocycles. The third-order valence-corrected chi connectivity index (χ3v) is 4.54. The third kappa shape index (κ3) is 3.12. The lowest BCUT2D eigenvalue weighted by atomic mass is 9.82. The maximum absolute atomic E-state index is 6.38. The van der Waals surface area contributed by atoms with Crippen LogP contribution in [0.3, 0.4) is 0 Å². The highest BCUT2D eigenvalue weighted by atomic mass is 35.5. The van der Waals surface area contributed by atoms with Gasteiger partial charge in [0.05, 0.1) is 16.1 Å². The van der Waals surface area contributed by atoms with Gasteiger partial charge in [-0.25, -0.2) is 4.98 Å². The minimum atomic E-state index is 0.246. The van der Waals surface area contributed by atoms with Gasteiger partial charge in [0.15, 0.2) is 0 Å². The first-order chi connectivity index (χ1) is 9.34. The molecule has 1 aromatic carbocycles. The van der Waals surface area contributed by atoms with Crippen LogP contribution in [0.1, 0.15) is 33.5 Å². The van der Waals surface area contributed by atoms with Crippen molar-refractivity contribution >= 4 is 34.2 Å². The third-order valence-electron chi connectivity index (χ3n) is 4.05. The van der Waals surface area contributed by atoms with Gasteiger partial charge in [-0.05, 0) is 23.5 Å². The first-order valence-corrected chi connectivity index (χ1v) is 7.95. The number of alkyl halides is 1. The number of para-hydroxylation sites is 1. The Morgan fingerprint density at radius 3 is 2.60 bits per heavy atom. The van der Waals surface area contributed by atoms with E-state index in [2.05, 4.69) is 32.3 Å². The van der Waals surface area contributed by atoms with Crippen molar-refractivity contribution in [1.29, 1.82) is 0 Å². The highest BCUT2D eigenvalue weighted by Crippen LogP contribution is 2.31. The number of imidazole rings is 1. The van der Waals surface area contributed by atoms with E-state index < -0.39 is 0 Å². The summed E-state index contributed by atoms with van der Waals surface area (Å²) in [5.74, 6) is 2.12. The summed E-state index contributed by atoms with van der Waals surface area (Å²) in [5.41, 5.74) is 2.24. The summed E-state index contributed by atoms with van der Waals surface area (Å²) in [6, 6.07) is 5.88. The zero-order valence-electron chi connectivity index (χ0n) is 12.6. The molecule has 0 bridgehead atoms. The van der Waals surface area contributed by atoms with E-state index in [1.54, 1.807) is 0 Å². The quantitative estimate of drug-likeness (QED) is 0.713. The van der Waals surface area contributed by atoms with Crippen LogP contribution in [0.25, 0.3) is 11.0 Å². The van der Waals surface area contributed by atoms with E-state index in [9.17, 15) is 0 Å². The molecular formula is C16H22Cl2N2. The average molecular weight is 313 g/mol. The molecule has 1 unspecified atom stereocenters. The lowest BCUT2D eigenvalue weighted by Crippen LogP contribution is -2.23. The summed E-state index contributed by atoms with van der Waals surface area (Å²) in [4.78, 5) is 4.69. The number of fused-ring (bicyclic) bond motifs is 1. The Labute approximate surface area is 131 Å². The second-order valence-electron chi connectivity index (χ2n) is 6.45. The van der Waals surface area contributed by atoms with Gasteiger partial charge in [0.1, 0.15) is 5.82 Å². The number of hydrogen-bond acceptors (Lipinski definition) is 1. The van der Waals surface area contributed by atoms with Crippen molar-refractivity contribution in [3.8, 4) is 0 Å². The standard InChI is InChI=1S/C16H22Cl2N2/c1-11(16(2,3)4)10-20-14(8-9-17)19-13-7-5-6-12(18)15(13)20/h5-7,11H,8-10H2,1-4H3. The molecule has 1 aromatic heterocycles. The first kappa shape index (κ1) is 15.7. The van der Waals surface area contributed by atoms with E-state index in [1.165, 1.54) is 0 Å². The van der Waals surface area contributed by atoms with E-state index in [0.29, 0.717) is 11.8 Å². The van der Waals surface area contributed by atoms with Crippen molar-refractivity contribution < 1.29 is 0 Å². The maximum Gasteiger partial charge on any atom is 0.111 e. The van der Waals surface area contributed by atoms with Gasteiger partial charge in [-0.1, -0.05) is 45.4 Å². The summed E-state index contributed by atoms with van der Waals surface area (Å²) in [6.07, 6.45) is 0.767. The van der Waals surface area contributed by atoms with E-state index >= 15 is 0 Å². The molecule has 110 valence electrons. The Balaban J connectivity index is 2.51. The van der Waals surface area contributed by atoms with E-state index in [-0.39, 0.29) is 5.41 Å². The number of hydrogen-bond donors (Lipinski definition) is 0. The predicted molar refractivity (Wildman–Crippen MR) is 87.8 cm³/mol. The molecule has 0 aliphatic heterocycles. The highest BCUT2D eigenvalue weighted by Gasteiger charge is 2.23. The monoisotopic (exact) mass is 312 g/mol. The van der Waals surface area contributed by atoms with Crippen LogP contribution in [0.5, 0.6) is 0 Å². The van der Waals surface area contributed by atoms with Gasteiger partial charge in [-0.3, -0.25) is 0 Å². The van der Waals surface area contributed by atoms with Gasteiger partial charge >= 0.3 is 0 Å². The van der Waals surface area contributed by atoms with Crippen LogP contribution in [-0.4, -0.2) is 15.4 Å². The topological polar surface area (TPSA) is 17.8 Å². The number of halogens is 2. The maximum atomic E-state index is 6.38. The van der Waals surface area contributed by atoms with Gasteiger partial charge < -0.3 is 4.57 Å². The second kappa shape index (κ2) is 5.95. The van der Waals surface area contributed by atoms with E-state index in [1.807, 2.05) is 18.2 Å². The lowest BCUT2D eigenvalue weighted by molar-refractivity contribution is 0.233. The largest absolute Gasteiger partial charge is 0.326 e. The van der Waals surface area contributed by atoms with Crippen molar-refractivity contribution in [2.45, 2.75) is 40.7 Å². The molecule has 1 heterocycles.